The lowest BCUT2D eigenvalue weighted by Gasteiger charge is -2.13. The first-order valence-electron chi connectivity index (χ1n) is 6.26. The normalized spacial score (nSPS) is 12.4. The number of hydrogen-bond acceptors (Lipinski definition) is 0. The van der Waals surface area contributed by atoms with Crippen LogP contribution in [0.2, 0.25) is 5.02 Å². The van der Waals surface area contributed by atoms with Crippen LogP contribution in [0.5, 0.6) is 0 Å². The van der Waals surface area contributed by atoms with Gasteiger partial charge >= 0.3 is 0 Å². The Morgan fingerprint density at radius 1 is 1.11 bits per heavy atom. The summed E-state index contributed by atoms with van der Waals surface area (Å²) in [6.07, 6.45) is 1.55. The lowest BCUT2D eigenvalue weighted by Crippen LogP contribution is -2.00. The summed E-state index contributed by atoms with van der Waals surface area (Å²) < 4.78 is 26.5. The molecule has 0 bridgehead atoms. The van der Waals surface area contributed by atoms with Crippen LogP contribution in [0.3, 0.4) is 0 Å². The number of benzene rings is 2. The summed E-state index contributed by atoms with van der Waals surface area (Å²) in [6.45, 7) is 1.94. The Morgan fingerprint density at radius 2 is 1.84 bits per heavy atom. The van der Waals surface area contributed by atoms with Crippen molar-refractivity contribution in [1.29, 1.82) is 0 Å². The maximum atomic E-state index is 13.6. The van der Waals surface area contributed by atoms with Gasteiger partial charge in [0, 0.05) is 11.1 Å². The Hall–Kier alpha value is -1.41. The fraction of sp³-hybridized carbons (Fsp3) is 0.250. The van der Waals surface area contributed by atoms with Gasteiger partial charge < -0.3 is 0 Å². The summed E-state index contributed by atoms with van der Waals surface area (Å²) in [4.78, 5) is 0. The summed E-state index contributed by atoms with van der Waals surface area (Å²) in [5.41, 5.74) is 1.60. The molecule has 0 saturated carbocycles. The van der Waals surface area contributed by atoms with Crippen molar-refractivity contribution in [2.45, 2.75) is 25.7 Å². The fourth-order valence-corrected chi connectivity index (χ4v) is 2.36. The molecule has 0 aliphatic heterocycles. The van der Waals surface area contributed by atoms with E-state index in [1.807, 2.05) is 31.2 Å². The molecule has 1 atom stereocenters. The van der Waals surface area contributed by atoms with Gasteiger partial charge in [-0.2, -0.15) is 0 Å². The minimum atomic E-state index is -0.542. The van der Waals surface area contributed by atoms with E-state index in [4.69, 9.17) is 11.6 Å². The Morgan fingerprint density at radius 3 is 2.53 bits per heavy atom. The first-order chi connectivity index (χ1) is 9.08. The highest BCUT2D eigenvalue weighted by Gasteiger charge is 2.12. The number of rotatable bonds is 4. The largest absolute Gasteiger partial charge is 0.207 e. The number of aryl methyl sites for hydroxylation is 1. The van der Waals surface area contributed by atoms with Crippen LogP contribution < -0.4 is 0 Å². The standard InChI is InChI=1S/C16H15ClF2/c1-11(14-9-8-13(18)10-16(14)19)6-7-12-4-2-3-5-15(12)17/h2-5,8-11H,6-7H2,1H3. The monoisotopic (exact) mass is 280 g/mol. The molecule has 0 heterocycles. The maximum Gasteiger partial charge on any atom is 0.129 e. The minimum absolute atomic E-state index is 0.0249. The fourth-order valence-electron chi connectivity index (χ4n) is 2.13. The third-order valence-electron chi connectivity index (χ3n) is 3.30. The molecule has 1 unspecified atom stereocenters. The van der Waals surface area contributed by atoms with Gasteiger partial charge in [0.15, 0.2) is 0 Å². The van der Waals surface area contributed by atoms with Crippen LogP contribution in [-0.4, -0.2) is 0 Å². The zero-order chi connectivity index (χ0) is 13.8. The molecule has 0 fully saturated rings. The molecule has 0 radical (unpaired) electrons. The highest BCUT2D eigenvalue weighted by Crippen LogP contribution is 2.26. The Balaban J connectivity index is 2.05. The third kappa shape index (κ3) is 3.54. The molecule has 2 aromatic rings. The summed E-state index contributed by atoms with van der Waals surface area (Å²) in [7, 11) is 0. The maximum absolute atomic E-state index is 13.6. The van der Waals surface area contributed by atoms with Crippen molar-refractivity contribution in [3.05, 3.63) is 70.2 Å². The highest BCUT2D eigenvalue weighted by atomic mass is 35.5. The van der Waals surface area contributed by atoms with Crippen LogP contribution in [0.15, 0.2) is 42.5 Å². The first kappa shape index (κ1) is 14.0. The molecule has 0 aromatic heterocycles. The van der Waals surface area contributed by atoms with Crippen molar-refractivity contribution in [3.8, 4) is 0 Å². The van der Waals surface area contributed by atoms with E-state index in [1.165, 1.54) is 12.1 Å². The van der Waals surface area contributed by atoms with Gasteiger partial charge in [-0.3, -0.25) is 0 Å². The van der Waals surface area contributed by atoms with E-state index in [9.17, 15) is 8.78 Å². The summed E-state index contributed by atoms with van der Waals surface area (Å²) >= 11 is 6.08. The van der Waals surface area contributed by atoms with E-state index < -0.39 is 11.6 Å². The third-order valence-corrected chi connectivity index (χ3v) is 3.67. The average Bonchev–Trinajstić information content (AvgIpc) is 2.37. The molecule has 0 saturated heterocycles. The van der Waals surface area contributed by atoms with Crippen molar-refractivity contribution in [2.24, 2.45) is 0 Å². The quantitative estimate of drug-likeness (QED) is 0.708. The van der Waals surface area contributed by atoms with E-state index in [2.05, 4.69) is 0 Å². The zero-order valence-electron chi connectivity index (χ0n) is 10.7. The topological polar surface area (TPSA) is 0 Å². The lowest BCUT2D eigenvalue weighted by molar-refractivity contribution is 0.550. The molecule has 0 aliphatic carbocycles. The van der Waals surface area contributed by atoms with Gasteiger partial charge in [0.05, 0.1) is 0 Å². The Labute approximate surface area is 117 Å². The molecule has 2 rings (SSSR count). The van der Waals surface area contributed by atoms with E-state index in [0.29, 0.717) is 5.56 Å². The van der Waals surface area contributed by atoms with Crippen LogP contribution >= 0.6 is 11.6 Å². The summed E-state index contributed by atoms with van der Waals surface area (Å²) in [6, 6.07) is 11.4. The summed E-state index contributed by atoms with van der Waals surface area (Å²) in [5.74, 6) is -0.997. The van der Waals surface area contributed by atoms with Crippen molar-refractivity contribution in [2.75, 3.05) is 0 Å². The van der Waals surface area contributed by atoms with Gasteiger partial charge in [0.2, 0.25) is 0 Å². The molecule has 100 valence electrons. The van der Waals surface area contributed by atoms with Crippen molar-refractivity contribution < 1.29 is 8.78 Å². The SMILES string of the molecule is CC(CCc1ccccc1Cl)c1ccc(F)cc1F. The Bertz CT molecular complexity index is 566. The van der Waals surface area contributed by atoms with E-state index in [-0.39, 0.29) is 5.92 Å². The van der Waals surface area contributed by atoms with Gasteiger partial charge in [-0.15, -0.1) is 0 Å². The van der Waals surface area contributed by atoms with Crippen LogP contribution in [0.4, 0.5) is 8.78 Å². The minimum Gasteiger partial charge on any atom is -0.207 e. The molecule has 2 aromatic carbocycles. The molecule has 3 heteroatoms. The Kier molecular flexibility index (Phi) is 4.54. The number of halogens is 3. The van der Waals surface area contributed by atoms with Gasteiger partial charge in [-0.25, -0.2) is 8.78 Å². The second kappa shape index (κ2) is 6.16. The summed E-state index contributed by atoms with van der Waals surface area (Å²) in [5, 5.41) is 0.731. The molecular weight excluding hydrogens is 266 g/mol. The lowest BCUT2D eigenvalue weighted by atomic mass is 9.93. The molecule has 0 aliphatic rings. The zero-order valence-corrected chi connectivity index (χ0v) is 11.4. The van der Waals surface area contributed by atoms with Gasteiger partial charge in [0.25, 0.3) is 0 Å². The van der Waals surface area contributed by atoms with E-state index >= 15 is 0 Å². The smallest absolute Gasteiger partial charge is 0.129 e. The van der Waals surface area contributed by atoms with Crippen molar-refractivity contribution in [1.82, 2.24) is 0 Å². The second-order valence-electron chi connectivity index (χ2n) is 4.70. The first-order valence-corrected chi connectivity index (χ1v) is 6.64. The highest BCUT2D eigenvalue weighted by molar-refractivity contribution is 6.31. The molecule has 19 heavy (non-hydrogen) atoms. The molecule has 0 amide bonds. The molecular formula is C16H15ClF2. The van der Waals surface area contributed by atoms with Crippen molar-refractivity contribution in [3.63, 3.8) is 0 Å². The van der Waals surface area contributed by atoms with Crippen LogP contribution in [0, 0.1) is 11.6 Å². The number of hydrogen-bond donors (Lipinski definition) is 0. The van der Waals surface area contributed by atoms with Gasteiger partial charge in [-0.1, -0.05) is 42.8 Å². The van der Waals surface area contributed by atoms with Gasteiger partial charge in [0.1, 0.15) is 11.6 Å². The average molecular weight is 281 g/mol. The van der Waals surface area contributed by atoms with Crippen LogP contribution in [0.25, 0.3) is 0 Å². The second-order valence-corrected chi connectivity index (χ2v) is 5.10. The van der Waals surface area contributed by atoms with Crippen molar-refractivity contribution >= 4 is 11.6 Å². The predicted molar refractivity (Wildman–Crippen MR) is 74.5 cm³/mol. The van der Waals surface area contributed by atoms with E-state index in [0.717, 1.165) is 29.5 Å². The predicted octanol–water partition coefficient (Wildman–Crippen LogP) is 5.35. The molecule has 0 nitrogen and oxygen atoms in total. The van der Waals surface area contributed by atoms with Gasteiger partial charge in [-0.05, 0) is 42.0 Å². The molecule has 0 N–H and O–H groups in total. The van der Waals surface area contributed by atoms with Crippen LogP contribution in [-0.2, 0) is 6.42 Å². The van der Waals surface area contributed by atoms with Crippen LogP contribution in [0.1, 0.15) is 30.4 Å². The van der Waals surface area contributed by atoms with E-state index in [1.54, 1.807) is 0 Å². The molecule has 0 spiro atoms.